The summed E-state index contributed by atoms with van der Waals surface area (Å²) in [6, 6.07) is 12.3. The number of rotatable bonds is 4. The number of nitrogens with one attached hydrogen (secondary N) is 1. The first-order chi connectivity index (χ1) is 12.5. The quantitative estimate of drug-likeness (QED) is 0.757. The molecule has 134 valence electrons. The van der Waals surface area contributed by atoms with Gasteiger partial charge in [-0.2, -0.15) is 0 Å². The van der Waals surface area contributed by atoms with Gasteiger partial charge in [-0.25, -0.2) is 0 Å². The van der Waals surface area contributed by atoms with Crippen molar-refractivity contribution in [2.75, 3.05) is 0 Å². The fourth-order valence-electron chi connectivity index (χ4n) is 3.41. The molecule has 0 saturated heterocycles. The van der Waals surface area contributed by atoms with Crippen LogP contribution < -0.4 is 5.32 Å². The van der Waals surface area contributed by atoms with Gasteiger partial charge in [0, 0.05) is 12.1 Å². The summed E-state index contributed by atoms with van der Waals surface area (Å²) in [6.45, 7) is 8.96. The van der Waals surface area contributed by atoms with E-state index in [0.717, 1.165) is 18.4 Å². The van der Waals surface area contributed by atoms with Gasteiger partial charge in [0.15, 0.2) is 0 Å². The lowest BCUT2D eigenvalue weighted by Gasteiger charge is -2.16. The Morgan fingerprint density at radius 1 is 1.12 bits per heavy atom. The molecule has 1 N–H and O–H groups in total. The zero-order chi connectivity index (χ0) is 18.7. The van der Waals surface area contributed by atoms with Gasteiger partial charge in [-0.15, -0.1) is 0 Å². The van der Waals surface area contributed by atoms with E-state index in [2.05, 4.69) is 63.4 Å². The lowest BCUT2D eigenvalue weighted by Crippen LogP contribution is -2.23. The van der Waals surface area contributed by atoms with Crippen molar-refractivity contribution in [2.45, 2.75) is 47.1 Å². The fourth-order valence-corrected chi connectivity index (χ4v) is 3.41. The molecule has 0 aliphatic heterocycles. The summed E-state index contributed by atoms with van der Waals surface area (Å²) < 4.78 is 0. The number of carbonyl (C=O) groups is 1. The first kappa shape index (κ1) is 18.2. The first-order valence-electron chi connectivity index (χ1n) is 9.28. The molecule has 0 heterocycles. The number of benzene rings is 2. The number of allylic oxidation sites excluding steroid dienone is 3. The fraction of sp³-hybridized carbons (Fsp3) is 0.292. The Hall–Kier alpha value is -2.61. The second-order valence-electron chi connectivity index (χ2n) is 7.27. The standard InChI is InChI=1S/C24H27NO/c1-16(2)18(4)23-14-20(13-12-17(23)3)24(26)25-15-21-10-7-9-19-8-5-6-11-22(19)21/h6-7,9-14H,5,8,15H2,1-4H3,(H,25,26). The summed E-state index contributed by atoms with van der Waals surface area (Å²) in [5, 5.41) is 3.09. The molecule has 0 bridgehead atoms. The summed E-state index contributed by atoms with van der Waals surface area (Å²) >= 11 is 0. The largest absolute Gasteiger partial charge is 0.348 e. The maximum absolute atomic E-state index is 12.7. The van der Waals surface area contributed by atoms with Gasteiger partial charge in [0.2, 0.25) is 0 Å². The van der Waals surface area contributed by atoms with Gasteiger partial charge in [0.1, 0.15) is 0 Å². The van der Waals surface area contributed by atoms with Crippen molar-refractivity contribution in [3.63, 3.8) is 0 Å². The molecule has 0 fully saturated rings. The number of amides is 1. The van der Waals surface area contributed by atoms with Crippen molar-refractivity contribution in [1.82, 2.24) is 5.32 Å². The zero-order valence-electron chi connectivity index (χ0n) is 16.1. The highest BCUT2D eigenvalue weighted by molar-refractivity contribution is 5.95. The van der Waals surface area contributed by atoms with Crippen molar-refractivity contribution in [1.29, 1.82) is 0 Å². The highest BCUT2D eigenvalue weighted by Crippen LogP contribution is 2.24. The molecule has 26 heavy (non-hydrogen) atoms. The van der Waals surface area contributed by atoms with Crippen LogP contribution in [0.4, 0.5) is 0 Å². The SMILES string of the molecule is CC(C)=C(C)c1cc(C(=O)NCc2cccc3c2C=CCC3)ccc1C. The van der Waals surface area contributed by atoms with E-state index in [1.165, 1.54) is 33.4 Å². The number of hydrogen-bond donors (Lipinski definition) is 1. The van der Waals surface area contributed by atoms with Crippen LogP contribution >= 0.6 is 0 Å². The molecule has 0 aromatic heterocycles. The molecule has 0 unspecified atom stereocenters. The monoisotopic (exact) mass is 345 g/mol. The minimum Gasteiger partial charge on any atom is -0.348 e. The third-order valence-corrected chi connectivity index (χ3v) is 5.24. The van der Waals surface area contributed by atoms with E-state index in [-0.39, 0.29) is 5.91 Å². The van der Waals surface area contributed by atoms with Crippen molar-refractivity contribution in [2.24, 2.45) is 0 Å². The average Bonchev–Trinajstić information content (AvgIpc) is 2.65. The Labute approximate surface area is 156 Å². The lowest BCUT2D eigenvalue weighted by atomic mass is 9.93. The number of aryl methyl sites for hydroxylation is 2. The molecule has 2 heteroatoms. The Balaban J connectivity index is 1.79. The Bertz CT molecular complexity index is 898. The van der Waals surface area contributed by atoms with Gasteiger partial charge >= 0.3 is 0 Å². The van der Waals surface area contributed by atoms with Crippen LogP contribution in [0.2, 0.25) is 0 Å². The second kappa shape index (κ2) is 7.74. The molecule has 2 aromatic rings. The number of hydrogen-bond acceptors (Lipinski definition) is 1. The van der Waals surface area contributed by atoms with Gasteiger partial charge in [0.05, 0.1) is 0 Å². The predicted octanol–water partition coefficient (Wildman–Crippen LogP) is 5.70. The van der Waals surface area contributed by atoms with Crippen molar-refractivity contribution in [3.8, 4) is 0 Å². The minimum atomic E-state index is -0.0230. The molecule has 0 spiro atoms. The molecule has 1 aliphatic rings. The molecular formula is C24H27NO. The summed E-state index contributed by atoms with van der Waals surface area (Å²) in [6.07, 6.45) is 6.57. The number of fused-ring (bicyclic) bond motifs is 1. The predicted molar refractivity (Wildman–Crippen MR) is 110 cm³/mol. The van der Waals surface area contributed by atoms with Crippen LogP contribution in [0.5, 0.6) is 0 Å². The maximum atomic E-state index is 12.7. The molecular weight excluding hydrogens is 318 g/mol. The normalized spacial score (nSPS) is 12.5. The third kappa shape index (κ3) is 3.80. The molecule has 1 aliphatic carbocycles. The van der Waals surface area contributed by atoms with Crippen molar-refractivity contribution in [3.05, 3.63) is 81.4 Å². The van der Waals surface area contributed by atoms with Gasteiger partial charge in [0.25, 0.3) is 5.91 Å². The summed E-state index contributed by atoms with van der Waals surface area (Å²) in [5.74, 6) is -0.0230. The zero-order valence-corrected chi connectivity index (χ0v) is 16.1. The number of carbonyl (C=O) groups excluding carboxylic acids is 1. The average molecular weight is 345 g/mol. The van der Waals surface area contributed by atoms with Crippen LogP contribution in [0.3, 0.4) is 0 Å². The highest BCUT2D eigenvalue weighted by atomic mass is 16.1. The Kier molecular flexibility index (Phi) is 5.41. The van der Waals surface area contributed by atoms with Crippen LogP contribution in [0.25, 0.3) is 11.6 Å². The highest BCUT2D eigenvalue weighted by Gasteiger charge is 2.12. The van der Waals surface area contributed by atoms with E-state index in [0.29, 0.717) is 12.1 Å². The van der Waals surface area contributed by atoms with E-state index in [1.807, 2.05) is 18.2 Å². The first-order valence-corrected chi connectivity index (χ1v) is 9.28. The molecule has 2 aromatic carbocycles. The second-order valence-corrected chi connectivity index (χ2v) is 7.27. The van der Waals surface area contributed by atoms with Crippen molar-refractivity contribution >= 4 is 17.6 Å². The summed E-state index contributed by atoms with van der Waals surface area (Å²) in [4.78, 5) is 12.7. The minimum absolute atomic E-state index is 0.0230. The van der Waals surface area contributed by atoms with Gasteiger partial charge < -0.3 is 5.32 Å². The van der Waals surface area contributed by atoms with Crippen LogP contribution in [0.1, 0.15) is 65.4 Å². The summed E-state index contributed by atoms with van der Waals surface area (Å²) in [7, 11) is 0. The molecule has 0 radical (unpaired) electrons. The third-order valence-electron chi connectivity index (χ3n) is 5.24. The van der Waals surface area contributed by atoms with Crippen LogP contribution in [-0.2, 0) is 13.0 Å². The Morgan fingerprint density at radius 2 is 1.92 bits per heavy atom. The van der Waals surface area contributed by atoms with E-state index in [9.17, 15) is 4.79 Å². The molecule has 1 amide bonds. The van der Waals surface area contributed by atoms with Crippen LogP contribution in [-0.4, -0.2) is 5.91 Å². The summed E-state index contributed by atoms with van der Waals surface area (Å²) in [5.41, 5.74) is 9.39. The van der Waals surface area contributed by atoms with Crippen LogP contribution in [0, 0.1) is 6.92 Å². The van der Waals surface area contributed by atoms with E-state index < -0.39 is 0 Å². The smallest absolute Gasteiger partial charge is 0.251 e. The van der Waals surface area contributed by atoms with E-state index in [1.54, 1.807) is 0 Å². The lowest BCUT2D eigenvalue weighted by molar-refractivity contribution is 0.0951. The van der Waals surface area contributed by atoms with Gasteiger partial charge in [-0.1, -0.05) is 42.0 Å². The van der Waals surface area contributed by atoms with Gasteiger partial charge in [-0.05, 0) is 86.1 Å². The van der Waals surface area contributed by atoms with Gasteiger partial charge in [-0.3, -0.25) is 4.79 Å². The molecule has 2 nitrogen and oxygen atoms in total. The Morgan fingerprint density at radius 3 is 2.69 bits per heavy atom. The van der Waals surface area contributed by atoms with E-state index in [4.69, 9.17) is 0 Å². The molecule has 3 rings (SSSR count). The molecule has 0 saturated carbocycles. The van der Waals surface area contributed by atoms with Crippen molar-refractivity contribution < 1.29 is 4.79 Å². The topological polar surface area (TPSA) is 29.1 Å². The van der Waals surface area contributed by atoms with E-state index >= 15 is 0 Å². The maximum Gasteiger partial charge on any atom is 0.251 e. The molecule has 0 atom stereocenters. The van der Waals surface area contributed by atoms with Crippen LogP contribution in [0.15, 0.2) is 48.0 Å².